The average Bonchev–Trinajstić information content (AvgIpc) is 4.06. The van der Waals surface area contributed by atoms with Crippen LogP contribution >= 0.6 is 34.0 Å². The van der Waals surface area contributed by atoms with Gasteiger partial charge in [0.05, 0.1) is 0 Å². The molecule has 57 heavy (non-hydrogen) atoms. The van der Waals surface area contributed by atoms with Gasteiger partial charge in [-0.15, -0.1) is 34.0 Å². The molecule has 0 atom stereocenters. The van der Waals surface area contributed by atoms with Gasteiger partial charge in [0.2, 0.25) is 0 Å². The zero-order chi connectivity index (χ0) is 38.0. The van der Waals surface area contributed by atoms with E-state index in [-0.39, 0.29) is 0 Å². The second kappa shape index (κ2) is 15.6. The molecule has 3 heterocycles. The standard InChI is InChI=1S/C54H36S3/c1-7-19-37(20-8-1)49-46(34-55-52(49)40-25-13-4-14-26-40)43-31-44(47-35-56-53(41-27-15-5-16-28-41)50(47)38-21-9-2-10-22-38)33-45(32-43)48-36-57-54(42-29-17-6-18-30-42)51(48)39-23-11-3-12-24-39/h1-36H. The normalized spacial score (nSPS) is 11.2. The molecule has 7 aromatic carbocycles. The van der Waals surface area contributed by atoms with Crippen molar-refractivity contribution >= 4 is 34.0 Å². The van der Waals surface area contributed by atoms with Crippen molar-refractivity contribution in [2.75, 3.05) is 0 Å². The number of rotatable bonds is 9. The second-order valence-electron chi connectivity index (χ2n) is 14.1. The summed E-state index contributed by atoms with van der Waals surface area (Å²) in [5.41, 5.74) is 18.5. The summed E-state index contributed by atoms with van der Waals surface area (Å²) < 4.78 is 0. The minimum absolute atomic E-state index is 1.21. The van der Waals surface area contributed by atoms with Gasteiger partial charge in [-0.05, 0) is 84.4 Å². The van der Waals surface area contributed by atoms with E-state index in [4.69, 9.17) is 0 Å². The van der Waals surface area contributed by atoms with Crippen molar-refractivity contribution in [1.29, 1.82) is 0 Å². The van der Waals surface area contributed by atoms with Crippen LogP contribution in [0.5, 0.6) is 0 Å². The molecule has 0 saturated carbocycles. The van der Waals surface area contributed by atoms with E-state index in [1.807, 2.05) is 34.0 Å². The van der Waals surface area contributed by atoms with Gasteiger partial charge in [-0.3, -0.25) is 0 Å². The summed E-state index contributed by atoms with van der Waals surface area (Å²) in [5, 5.41) is 7.11. The molecule has 0 aliphatic carbocycles. The average molecular weight is 781 g/mol. The Morgan fingerprint density at radius 3 is 0.649 bits per heavy atom. The Morgan fingerprint density at radius 2 is 0.421 bits per heavy atom. The van der Waals surface area contributed by atoms with E-state index >= 15 is 0 Å². The highest BCUT2D eigenvalue weighted by molar-refractivity contribution is 7.15. The van der Waals surface area contributed by atoms with Crippen LogP contribution in [0.1, 0.15) is 0 Å². The van der Waals surface area contributed by atoms with E-state index < -0.39 is 0 Å². The molecule has 0 bridgehead atoms. The largest absolute Gasteiger partial charge is 0.142 e. The first kappa shape index (κ1) is 35.1. The molecular formula is C54H36S3. The summed E-state index contributed by atoms with van der Waals surface area (Å²) in [6.07, 6.45) is 0. The van der Waals surface area contributed by atoms with E-state index in [0.717, 1.165) is 0 Å². The predicted molar refractivity (Wildman–Crippen MR) is 249 cm³/mol. The number of thiophene rings is 3. The van der Waals surface area contributed by atoms with E-state index in [9.17, 15) is 0 Å². The molecule has 0 aliphatic rings. The zero-order valence-electron chi connectivity index (χ0n) is 31.0. The van der Waals surface area contributed by atoms with Crippen molar-refractivity contribution in [1.82, 2.24) is 0 Å². The number of hydrogen-bond donors (Lipinski definition) is 0. The fourth-order valence-corrected chi connectivity index (χ4v) is 11.2. The van der Waals surface area contributed by atoms with E-state index in [1.165, 1.54) is 98.1 Å². The SMILES string of the molecule is c1ccc(-c2scc(-c3cc(-c4csc(-c5ccccc5)c4-c4ccccc4)cc(-c4csc(-c5ccccc5)c4-c4ccccc4)c3)c2-c2ccccc2)cc1. The van der Waals surface area contributed by atoms with Crippen molar-refractivity contribution in [3.05, 3.63) is 216 Å². The molecule has 0 nitrogen and oxygen atoms in total. The van der Waals surface area contributed by atoms with Gasteiger partial charge in [-0.2, -0.15) is 0 Å². The fourth-order valence-electron chi connectivity index (χ4n) is 7.89. The van der Waals surface area contributed by atoms with Crippen molar-refractivity contribution < 1.29 is 0 Å². The first-order valence-corrected chi connectivity index (χ1v) is 21.8. The molecule has 3 heteroatoms. The van der Waals surface area contributed by atoms with Crippen molar-refractivity contribution in [3.63, 3.8) is 0 Å². The minimum atomic E-state index is 1.21. The van der Waals surface area contributed by atoms with Crippen LogP contribution < -0.4 is 0 Å². The van der Waals surface area contributed by atoms with Crippen molar-refractivity contribution in [2.45, 2.75) is 0 Å². The lowest BCUT2D eigenvalue weighted by Crippen LogP contribution is -1.90. The van der Waals surface area contributed by atoms with Crippen LogP contribution in [0.3, 0.4) is 0 Å². The van der Waals surface area contributed by atoms with Gasteiger partial charge in [-0.25, -0.2) is 0 Å². The highest BCUT2D eigenvalue weighted by Gasteiger charge is 2.23. The van der Waals surface area contributed by atoms with Gasteiger partial charge in [-0.1, -0.05) is 182 Å². The van der Waals surface area contributed by atoms with Crippen molar-refractivity contribution in [3.8, 4) is 98.1 Å². The lowest BCUT2D eigenvalue weighted by atomic mass is 9.87. The summed E-state index contributed by atoms with van der Waals surface area (Å²) in [5.74, 6) is 0. The number of benzene rings is 7. The van der Waals surface area contributed by atoms with Crippen molar-refractivity contribution in [2.24, 2.45) is 0 Å². The van der Waals surface area contributed by atoms with Gasteiger partial charge in [0.25, 0.3) is 0 Å². The zero-order valence-corrected chi connectivity index (χ0v) is 33.5. The molecule has 0 amide bonds. The molecule has 10 rings (SSSR count). The van der Waals surface area contributed by atoms with Gasteiger partial charge < -0.3 is 0 Å². The highest BCUT2D eigenvalue weighted by Crippen LogP contribution is 2.51. The molecule has 0 unspecified atom stereocenters. The first-order chi connectivity index (χ1) is 28.3. The number of hydrogen-bond acceptors (Lipinski definition) is 3. The second-order valence-corrected chi connectivity index (χ2v) is 16.7. The van der Waals surface area contributed by atoms with Gasteiger partial charge in [0.15, 0.2) is 0 Å². The topological polar surface area (TPSA) is 0 Å². The maximum Gasteiger partial charge on any atom is 0.0427 e. The van der Waals surface area contributed by atoms with Crippen LogP contribution in [0.4, 0.5) is 0 Å². The predicted octanol–water partition coefficient (Wildman–Crippen LogP) is 16.9. The van der Waals surface area contributed by atoms with E-state index in [1.54, 1.807) is 0 Å². The molecule has 0 radical (unpaired) electrons. The third-order valence-corrected chi connectivity index (χ3v) is 13.6. The summed E-state index contributed by atoms with van der Waals surface area (Å²) in [6.45, 7) is 0. The molecule has 0 N–H and O–H groups in total. The third kappa shape index (κ3) is 6.81. The third-order valence-electron chi connectivity index (χ3n) is 10.5. The maximum absolute atomic E-state index is 2.43. The first-order valence-electron chi connectivity index (χ1n) is 19.1. The smallest absolute Gasteiger partial charge is 0.0427 e. The summed E-state index contributed by atoms with van der Waals surface area (Å²) in [6, 6.07) is 72.5. The van der Waals surface area contributed by atoms with Crippen LogP contribution in [0.25, 0.3) is 98.1 Å². The van der Waals surface area contributed by atoms with Crippen LogP contribution in [-0.2, 0) is 0 Å². The molecule has 270 valence electrons. The highest BCUT2D eigenvalue weighted by atomic mass is 32.1. The molecule has 0 fully saturated rings. The van der Waals surface area contributed by atoms with Crippen LogP contribution in [0.15, 0.2) is 216 Å². The Kier molecular flexibility index (Phi) is 9.63. The Labute approximate surface area is 346 Å². The Balaban J connectivity index is 1.27. The Hall–Kier alpha value is -6.36. The van der Waals surface area contributed by atoms with Gasteiger partial charge in [0.1, 0.15) is 0 Å². The monoisotopic (exact) mass is 780 g/mol. The lowest BCUT2D eigenvalue weighted by molar-refractivity contribution is 1.59. The molecule has 0 spiro atoms. The Morgan fingerprint density at radius 1 is 0.211 bits per heavy atom. The Bertz CT molecular complexity index is 2570. The molecular weight excluding hydrogens is 745 g/mol. The summed E-state index contributed by atoms with van der Waals surface area (Å²) in [7, 11) is 0. The fraction of sp³-hybridized carbons (Fsp3) is 0. The molecule has 10 aromatic rings. The quantitative estimate of drug-likeness (QED) is 0.137. The summed E-state index contributed by atoms with van der Waals surface area (Å²) >= 11 is 5.49. The lowest BCUT2D eigenvalue weighted by Gasteiger charge is -2.15. The van der Waals surface area contributed by atoms with Gasteiger partial charge >= 0.3 is 0 Å². The summed E-state index contributed by atoms with van der Waals surface area (Å²) in [4.78, 5) is 3.84. The van der Waals surface area contributed by atoms with Crippen LogP contribution in [0, 0.1) is 0 Å². The van der Waals surface area contributed by atoms with Gasteiger partial charge in [0, 0.05) is 48.0 Å². The van der Waals surface area contributed by atoms with E-state index in [2.05, 4.69) is 216 Å². The molecule has 0 aliphatic heterocycles. The van der Waals surface area contributed by atoms with E-state index in [0.29, 0.717) is 0 Å². The van der Waals surface area contributed by atoms with Crippen LogP contribution in [-0.4, -0.2) is 0 Å². The molecule has 0 saturated heterocycles. The minimum Gasteiger partial charge on any atom is -0.142 e. The maximum atomic E-state index is 2.43. The van der Waals surface area contributed by atoms with Crippen LogP contribution in [0.2, 0.25) is 0 Å². The molecule has 3 aromatic heterocycles.